The molecule has 1 aliphatic heterocycles. The third-order valence-corrected chi connectivity index (χ3v) is 4.73. The molecule has 2 atom stereocenters. The van der Waals surface area contributed by atoms with Crippen LogP contribution in [-0.2, 0) is 0 Å². The molecule has 110 valence electrons. The molecule has 0 spiro atoms. The predicted octanol–water partition coefficient (Wildman–Crippen LogP) is 3.34. The Labute approximate surface area is 123 Å². The van der Waals surface area contributed by atoms with E-state index in [2.05, 4.69) is 17.2 Å². The average molecular weight is 286 g/mol. The molecule has 1 aromatic carbocycles. The Balaban J connectivity index is 1.78. The Morgan fingerprint density at radius 2 is 2.10 bits per heavy atom. The van der Waals surface area contributed by atoms with Gasteiger partial charge in [-0.1, -0.05) is 31.5 Å². The third-order valence-electron chi connectivity index (χ3n) is 4.73. The molecule has 2 aromatic rings. The van der Waals surface area contributed by atoms with Crippen molar-refractivity contribution in [2.45, 2.75) is 38.1 Å². The number of hydrogen-bond acceptors (Lipinski definition) is 3. The van der Waals surface area contributed by atoms with Crippen molar-refractivity contribution in [3.63, 3.8) is 0 Å². The van der Waals surface area contributed by atoms with E-state index < -0.39 is 0 Å². The van der Waals surface area contributed by atoms with Crippen LogP contribution in [0.15, 0.2) is 24.3 Å². The molecule has 2 unspecified atom stereocenters. The molecule has 1 fully saturated rings. The van der Waals surface area contributed by atoms with Gasteiger partial charge in [0, 0.05) is 23.9 Å². The van der Waals surface area contributed by atoms with E-state index in [1.54, 1.807) is 6.07 Å². The van der Waals surface area contributed by atoms with E-state index in [1.165, 1.54) is 25.3 Å². The second-order valence-electron chi connectivity index (χ2n) is 6.19. The number of nitrogens with zero attached hydrogens (tertiary/aromatic N) is 3. The van der Waals surface area contributed by atoms with Gasteiger partial charge in [0.25, 0.3) is 0 Å². The smallest absolute Gasteiger partial charge is 0.222 e. The van der Waals surface area contributed by atoms with Crippen molar-refractivity contribution in [3.8, 4) is 0 Å². The van der Waals surface area contributed by atoms with Gasteiger partial charge in [0.15, 0.2) is 5.82 Å². The second kappa shape index (κ2) is 4.83. The van der Waals surface area contributed by atoms with Crippen LogP contribution in [0.25, 0.3) is 0 Å². The second-order valence-corrected chi connectivity index (χ2v) is 6.19. The quantitative estimate of drug-likeness (QED) is 0.920. The lowest BCUT2D eigenvalue weighted by molar-refractivity contribution is 0.350. The maximum absolute atomic E-state index is 14.2. The van der Waals surface area contributed by atoms with Crippen molar-refractivity contribution in [1.82, 2.24) is 14.8 Å². The molecule has 4 rings (SSSR count). The molecule has 1 N–H and O–H groups in total. The minimum Gasteiger partial charge on any atom is -0.354 e. The Morgan fingerprint density at radius 1 is 1.29 bits per heavy atom. The summed E-state index contributed by atoms with van der Waals surface area (Å²) in [6.07, 6.45) is 3.60. The number of benzene rings is 1. The van der Waals surface area contributed by atoms with Crippen LogP contribution in [0.1, 0.15) is 49.5 Å². The third kappa shape index (κ3) is 2.03. The Hall–Kier alpha value is -1.91. The minimum atomic E-state index is -0.164. The maximum atomic E-state index is 14.2. The highest BCUT2D eigenvalue weighted by molar-refractivity contribution is 5.35. The van der Waals surface area contributed by atoms with E-state index in [9.17, 15) is 4.39 Å². The van der Waals surface area contributed by atoms with Gasteiger partial charge in [0.05, 0.1) is 6.04 Å². The van der Waals surface area contributed by atoms with Gasteiger partial charge >= 0.3 is 0 Å². The van der Waals surface area contributed by atoms with Crippen molar-refractivity contribution < 1.29 is 4.39 Å². The molecule has 1 aliphatic carbocycles. The van der Waals surface area contributed by atoms with Crippen LogP contribution in [-0.4, -0.2) is 21.3 Å². The van der Waals surface area contributed by atoms with E-state index in [4.69, 9.17) is 5.10 Å². The van der Waals surface area contributed by atoms with Gasteiger partial charge in [0.1, 0.15) is 5.82 Å². The maximum Gasteiger partial charge on any atom is 0.222 e. The molecule has 1 aromatic heterocycles. The normalized spacial score (nSPS) is 25.0. The zero-order valence-electron chi connectivity index (χ0n) is 12.1. The summed E-state index contributed by atoms with van der Waals surface area (Å²) in [6.45, 7) is 2.92. The van der Waals surface area contributed by atoms with E-state index in [1.807, 2.05) is 16.8 Å². The summed E-state index contributed by atoms with van der Waals surface area (Å²) >= 11 is 0. The first kappa shape index (κ1) is 12.8. The van der Waals surface area contributed by atoms with Crippen LogP contribution in [0.4, 0.5) is 10.3 Å². The molecule has 1 saturated carbocycles. The first-order valence-corrected chi connectivity index (χ1v) is 7.69. The van der Waals surface area contributed by atoms with Crippen LogP contribution < -0.4 is 5.32 Å². The summed E-state index contributed by atoms with van der Waals surface area (Å²) in [4.78, 5) is 4.63. The number of halogens is 1. The molecule has 2 aliphatic rings. The Morgan fingerprint density at radius 3 is 2.81 bits per heavy atom. The fourth-order valence-electron chi connectivity index (χ4n) is 3.25. The number of fused-ring (bicyclic) bond motifs is 1. The van der Waals surface area contributed by atoms with Crippen LogP contribution >= 0.6 is 0 Å². The lowest BCUT2D eigenvalue weighted by atomic mass is 9.85. The standard InChI is InChI=1S/C16H19FN4/c1-10-9-18-16-19-15(11-5-4-6-11)20-21(16)14(10)12-7-2-3-8-13(12)17/h2-3,7-8,10-11,14H,4-6,9H2,1H3,(H,18,19,20). The highest BCUT2D eigenvalue weighted by Crippen LogP contribution is 2.38. The first-order valence-electron chi connectivity index (χ1n) is 7.69. The van der Waals surface area contributed by atoms with E-state index >= 15 is 0 Å². The molecule has 5 heteroatoms. The Kier molecular flexibility index (Phi) is 2.94. The number of aromatic nitrogens is 3. The monoisotopic (exact) mass is 286 g/mol. The minimum absolute atomic E-state index is 0.0798. The largest absolute Gasteiger partial charge is 0.354 e. The molecular formula is C16H19FN4. The van der Waals surface area contributed by atoms with Gasteiger partial charge in [-0.3, -0.25) is 0 Å². The van der Waals surface area contributed by atoms with Crippen molar-refractivity contribution in [2.24, 2.45) is 5.92 Å². The zero-order valence-corrected chi connectivity index (χ0v) is 12.1. The van der Waals surface area contributed by atoms with Crippen molar-refractivity contribution in [1.29, 1.82) is 0 Å². The molecule has 2 heterocycles. The van der Waals surface area contributed by atoms with Gasteiger partial charge < -0.3 is 5.32 Å². The molecule has 0 saturated heterocycles. The van der Waals surface area contributed by atoms with E-state index in [-0.39, 0.29) is 17.8 Å². The fourth-order valence-corrected chi connectivity index (χ4v) is 3.25. The molecule has 0 radical (unpaired) electrons. The van der Waals surface area contributed by atoms with Crippen molar-refractivity contribution in [2.75, 3.05) is 11.9 Å². The predicted molar refractivity (Wildman–Crippen MR) is 78.8 cm³/mol. The Bertz CT molecular complexity index is 662. The summed E-state index contributed by atoms with van der Waals surface area (Å²) in [5.74, 6) is 2.29. The van der Waals surface area contributed by atoms with E-state index in [0.29, 0.717) is 11.5 Å². The molecular weight excluding hydrogens is 267 g/mol. The number of nitrogens with one attached hydrogen (secondary N) is 1. The van der Waals surface area contributed by atoms with Gasteiger partial charge in [0.2, 0.25) is 5.95 Å². The van der Waals surface area contributed by atoms with Crippen molar-refractivity contribution >= 4 is 5.95 Å². The van der Waals surface area contributed by atoms with Gasteiger partial charge in [-0.2, -0.15) is 10.1 Å². The topological polar surface area (TPSA) is 42.7 Å². The summed E-state index contributed by atoms with van der Waals surface area (Å²) in [5, 5.41) is 8.02. The van der Waals surface area contributed by atoms with Gasteiger partial charge in [-0.15, -0.1) is 0 Å². The number of hydrogen-bond donors (Lipinski definition) is 1. The van der Waals surface area contributed by atoms with Gasteiger partial charge in [-0.05, 0) is 18.9 Å². The first-order chi connectivity index (χ1) is 10.2. The number of anilines is 1. The average Bonchev–Trinajstić information content (AvgIpc) is 2.81. The van der Waals surface area contributed by atoms with Crippen LogP contribution in [0.5, 0.6) is 0 Å². The van der Waals surface area contributed by atoms with Crippen LogP contribution in [0.2, 0.25) is 0 Å². The summed E-state index contributed by atoms with van der Waals surface area (Å²) in [6, 6.07) is 6.91. The molecule has 0 bridgehead atoms. The lowest BCUT2D eigenvalue weighted by Crippen LogP contribution is -2.32. The van der Waals surface area contributed by atoms with Crippen LogP contribution in [0, 0.1) is 11.7 Å². The van der Waals surface area contributed by atoms with Crippen LogP contribution in [0.3, 0.4) is 0 Å². The lowest BCUT2D eigenvalue weighted by Gasteiger charge is -2.31. The summed E-state index contributed by atoms with van der Waals surface area (Å²) in [5.41, 5.74) is 0.706. The number of rotatable bonds is 2. The van der Waals surface area contributed by atoms with Gasteiger partial charge in [-0.25, -0.2) is 9.07 Å². The van der Waals surface area contributed by atoms with E-state index in [0.717, 1.165) is 18.3 Å². The molecule has 21 heavy (non-hydrogen) atoms. The zero-order chi connectivity index (χ0) is 14.4. The van der Waals surface area contributed by atoms with Crippen molar-refractivity contribution in [3.05, 3.63) is 41.5 Å². The SMILES string of the molecule is CC1CNc2nc(C3CCC3)nn2C1c1ccccc1F. The highest BCUT2D eigenvalue weighted by atomic mass is 19.1. The summed E-state index contributed by atoms with van der Waals surface area (Å²) < 4.78 is 16.1. The molecule has 0 amide bonds. The highest BCUT2D eigenvalue weighted by Gasteiger charge is 2.34. The summed E-state index contributed by atoms with van der Waals surface area (Å²) in [7, 11) is 0. The molecule has 4 nitrogen and oxygen atoms in total. The fraction of sp³-hybridized carbons (Fsp3) is 0.500.